The van der Waals surface area contributed by atoms with Crippen LogP contribution < -0.4 is 0 Å². The topological polar surface area (TPSA) is 0 Å². The van der Waals surface area contributed by atoms with E-state index >= 15 is 0 Å². The van der Waals surface area contributed by atoms with E-state index in [1.54, 1.807) is 0 Å². The molecule has 1 aromatic rings. The highest BCUT2D eigenvalue weighted by atomic mass is 79.9. The Labute approximate surface area is 109 Å². The second-order valence-electron chi connectivity index (χ2n) is 4.69. The predicted octanol–water partition coefficient (Wildman–Crippen LogP) is 5.61. The maximum atomic E-state index is 3.78. The van der Waals surface area contributed by atoms with Crippen molar-refractivity contribution in [1.29, 1.82) is 0 Å². The summed E-state index contributed by atoms with van der Waals surface area (Å²) in [7, 11) is 0. The van der Waals surface area contributed by atoms with E-state index in [1.165, 1.54) is 24.0 Å². The molecular formula is C15H23Br. The molecule has 1 atom stereocenters. The maximum Gasteiger partial charge on any atom is 0.0475 e. The highest BCUT2D eigenvalue weighted by molar-refractivity contribution is 9.09. The Balaban J connectivity index is 2.90. The van der Waals surface area contributed by atoms with Crippen LogP contribution in [-0.2, 0) is 4.32 Å². The molecule has 0 nitrogen and oxygen atoms in total. The van der Waals surface area contributed by atoms with Gasteiger partial charge in [0.15, 0.2) is 0 Å². The molecule has 0 spiro atoms. The molecule has 90 valence electrons. The van der Waals surface area contributed by atoms with E-state index in [1.807, 2.05) is 0 Å². The lowest BCUT2D eigenvalue weighted by atomic mass is 9.91. The molecular weight excluding hydrogens is 260 g/mol. The van der Waals surface area contributed by atoms with Gasteiger partial charge in [-0.3, -0.25) is 0 Å². The summed E-state index contributed by atoms with van der Waals surface area (Å²) in [4.78, 5) is 0. The summed E-state index contributed by atoms with van der Waals surface area (Å²) >= 11 is 3.78. The van der Waals surface area contributed by atoms with Crippen molar-refractivity contribution in [3.8, 4) is 0 Å². The number of hydrogen-bond donors (Lipinski definition) is 0. The molecule has 16 heavy (non-hydrogen) atoms. The molecule has 0 aromatic heterocycles. The van der Waals surface area contributed by atoms with Crippen LogP contribution in [0.1, 0.15) is 64.0 Å². The Morgan fingerprint density at radius 1 is 1.06 bits per heavy atom. The van der Waals surface area contributed by atoms with Gasteiger partial charge < -0.3 is 0 Å². The largest absolute Gasteiger partial charge is 0.0804 e. The Morgan fingerprint density at radius 3 is 1.94 bits per heavy atom. The molecule has 0 saturated heterocycles. The molecule has 0 fully saturated rings. The van der Waals surface area contributed by atoms with Crippen molar-refractivity contribution in [2.45, 2.75) is 57.2 Å². The van der Waals surface area contributed by atoms with E-state index in [-0.39, 0.29) is 4.32 Å². The molecule has 0 aliphatic rings. The van der Waals surface area contributed by atoms with Gasteiger partial charge in [-0.25, -0.2) is 0 Å². The number of rotatable bonds is 5. The van der Waals surface area contributed by atoms with Gasteiger partial charge in [0.1, 0.15) is 0 Å². The van der Waals surface area contributed by atoms with E-state index in [9.17, 15) is 0 Å². The third kappa shape index (κ3) is 3.10. The molecule has 0 aliphatic carbocycles. The van der Waals surface area contributed by atoms with Gasteiger partial charge >= 0.3 is 0 Å². The maximum absolute atomic E-state index is 3.78. The fourth-order valence-electron chi connectivity index (χ4n) is 2.07. The second-order valence-corrected chi connectivity index (χ2v) is 6.44. The number of halogens is 1. The van der Waals surface area contributed by atoms with Crippen LogP contribution in [0.25, 0.3) is 0 Å². The van der Waals surface area contributed by atoms with Crippen molar-refractivity contribution in [3.63, 3.8) is 0 Å². The van der Waals surface area contributed by atoms with Gasteiger partial charge in [0.25, 0.3) is 0 Å². The molecule has 0 saturated carbocycles. The van der Waals surface area contributed by atoms with E-state index in [0.717, 1.165) is 12.3 Å². The Hall–Kier alpha value is -0.300. The first-order chi connectivity index (χ1) is 7.55. The molecule has 1 unspecified atom stereocenters. The summed E-state index contributed by atoms with van der Waals surface area (Å²) in [5, 5.41) is 0. The summed E-state index contributed by atoms with van der Waals surface area (Å²) in [6.07, 6.45) is 3.57. The number of hydrogen-bond acceptors (Lipinski definition) is 0. The Morgan fingerprint density at radius 2 is 1.56 bits per heavy atom. The van der Waals surface area contributed by atoms with Gasteiger partial charge in [-0.2, -0.15) is 0 Å². The van der Waals surface area contributed by atoms with Crippen molar-refractivity contribution < 1.29 is 0 Å². The van der Waals surface area contributed by atoms with Gasteiger partial charge in [0.05, 0.1) is 0 Å². The monoisotopic (exact) mass is 282 g/mol. The quantitative estimate of drug-likeness (QED) is 0.616. The molecule has 0 amide bonds. The fraction of sp³-hybridized carbons (Fsp3) is 0.600. The van der Waals surface area contributed by atoms with Crippen molar-refractivity contribution in [2.24, 2.45) is 0 Å². The van der Waals surface area contributed by atoms with Crippen molar-refractivity contribution >= 4 is 15.9 Å². The SMILES string of the molecule is CCC(CC)c1ccc(C(C)(Br)CC)cc1. The van der Waals surface area contributed by atoms with Crippen LogP contribution >= 0.6 is 15.9 Å². The van der Waals surface area contributed by atoms with Crippen molar-refractivity contribution in [3.05, 3.63) is 35.4 Å². The van der Waals surface area contributed by atoms with E-state index in [4.69, 9.17) is 0 Å². The fourth-order valence-corrected chi connectivity index (χ4v) is 2.33. The Kier molecular flexibility index (Phi) is 5.04. The van der Waals surface area contributed by atoms with Crippen LogP contribution in [0.4, 0.5) is 0 Å². The molecule has 0 radical (unpaired) electrons. The average molecular weight is 283 g/mol. The first-order valence-corrected chi connectivity index (χ1v) is 7.13. The molecule has 1 heteroatoms. The van der Waals surface area contributed by atoms with Gasteiger partial charge in [-0.1, -0.05) is 61.0 Å². The summed E-state index contributed by atoms with van der Waals surface area (Å²) in [5.74, 6) is 0.720. The van der Waals surface area contributed by atoms with Gasteiger partial charge in [0, 0.05) is 4.32 Å². The average Bonchev–Trinajstić information content (AvgIpc) is 2.31. The molecule has 0 heterocycles. The molecule has 0 aliphatic heterocycles. The third-order valence-electron chi connectivity index (χ3n) is 3.63. The first kappa shape index (κ1) is 13.8. The van der Waals surface area contributed by atoms with E-state index in [2.05, 4.69) is 67.9 Å². The highest BCUT2D eigenvalue weighted by Gasteiger charge is 2.20. The zero-order chi connectivity index (χ0) is 12.2. The standard InChI is InChI=1S/C15H23Br/c1-5-12(6-2)13-8-10-14(11-9-13)15(4,16)7-3/h8-12H,5-7H2,1-4H3. The summed E-state index contributed by atoms with van der Waals surface area (Å²) in [5.41, 5.74) is 2.86. The Bertz CT molecular complexity index is 307. The lowest BCUT2D eigenvalue weighted by Crippen LogP contribution is -2.11. The molecule has 1 rings (SSSR count). The number of benzene rings is 1. The molecule has 0 N–H and O–H groups in total. The van der Waals surface area contributed by atoms with Crippen LogP contribution in [0.2, 0.25) is 0 Å². The highest BCUT2D eigenvalue weighted by Crippen LogP contribution is 2.35. The van der Waals surface area contributed by atoms with Gasteiger partial charge in [0.2, 0.25) is 0 Å². The second kappa shape index (κ2) is 5.86. The van der Waals surface area contributed by atoms with Crippen LogP contribution in [0.5, 0.6) is 0 Å². The minimum Gasteiger partial charge on any atom is -0.0804 e. The zero-order valence-corrected chi connectivity index (χ0v) is 12.5. The normalized spacial score (nSPS) is 15.1. The van der Waals surface area contributed by atoms with Crippen LogP contribution in [-0.4, -0.2) is 0 Å². The van der Waals surface area contributed by atoms with Gasteiger partial charge in [-0.15, -0.1) is 0 Å². The minimum absolute atomic E-state index is 0.124. The first-order valence-electron chi connectivity index (χ1n) is 6.34. The summed E-state index contributed by atoms with van der Waals surface area (Å²) in [6.45, 7) is 8.98. The lowest BCUT2D eigenvalue weighted by Gasteiger charge is -2.22. The third-order valence-corrected chi connectivity index (χ3v) is 4.65. The zero-order valence-electron chi connectivity index (χ0n) is 10.9. The van der Waals surface area contributed by atoms with Gasteiger partial charge in [-0.05, 0) is 43.2 Å². The summed E-state index contributed by atoms with van der Waals surface area (Å²) < 4.78 is 0.124. The number of alkyl halides is 1. The smallest absolute Gasteiger partial charge is 0.0475 e. The molecule has 0 bridgehead atoms. The minimum atomic E-state index is 0.124. The van der Waals surface area contributed by atoms with E-state index in [0.29, 0.717) is 0 Å². The lowest BCUT2D eigenvalue weighted by molar-refractivity contribution is 0.638. The van der Waals surface area contributed by atoms with Crippen LogP contribution in [0.15, 0.2) is 24.3 Å². The van der Waals surface area contributed by atoms with E-state index < -0.39 is 0 Å². The summed E-state index contributed by atoms with van der Waals surface area (Å²) in [6, 6.07) is 9.13. The predicted molar refractivity (Wildman–Crippen MR) is 76.3 cm³/mol. The van der Waals surface area contributed by atoms with Crippen LogP contribution in [0, 0.1) is 0 Å². The van der Waals surface area contributed by atoms with Crippen LogP contribution in [0.3, 0.4) is 0 Å². The molecule has 1 aromatic carbocycles. The van der Waals surface area contributed by atoms with Crippen molar-refractivity contribution in [2.75, 3.05) is 0 Å². The van der Waals surface area contributed by atoms with Crippen molar-refractivity contribution in [1.82, 2.24) is 0 Å².